The maximum atomic E-state index is 3.50. The van der Waals surface area contributed by atoms with Gasteiger partial charge in [0.05, 0.1) is 12.6 Å². The van der Waals surface area contributed by atoms with E-state index in [4.69, 9.17) is 0 Å². The Bertz CT molecular complexity index is 1030. The average Bonchev–Trinajstić information content (AvgIpc) is 3.00. The Morgan fingerprint density at radius 1 is 0.741 bits per heavy atom. The third-order valence-corrected chi connectivity index (χ3v) is 4.94. The largest absolute Gasteiger partial charge is 0.346 e. The Morgan fingerprint density at radius 3 is 2.04 bits per heavy atom. The number of hydrogen-bond donors (Lipinski definition) is 0. The highest BCUT2D eigenvalue weighted by Gasteiger charge is 2.33. The molecule has 0 spiro atoms. The topological polar surface area (TPSA) is 3.24 Å². The highest BCUT2D eigenvalue weighted by molar-refractivity contribution is 5.65. The minimum atomic E-state index is 0.132. The Balaban J connectivity index is 1.63. The van der Waals surface area contributed by atoms with E-state index in [9.17, 15) is 0 Å². The van der Waals surface area contributed by atoms with Gasteiger partial charge >= 0.3 is 0 Å². The number of rotatable bonds is 1. The summed E-state index contributed by atoms with van der Waals surface area (Å²) in [5.74, 6) is 13.8. The van der Waals surface area contributed by atoms with Crippen LogP contribution in [0.4, 0.5) is 5.69 Å². The zero-order valence-electron chi connectivity index (χ0n) is 15.4. The van der Waals surface area contributed by atoms with Crippen molar-refractivity contribution in [2.24, 2.45) is 0 Å². The Labute approximate surface area is 161 Å². The maximum Gasteiger partial charge on any atom is 0.0983 e. The first-order chi connectivity index (χ1) is 13.3. The summed E-state index contributed by atoms with van der Waals surface area (Å²) in [4.78, 5) is 2.34. The molecule has 0 aliphatic carbocycles. The van der Waals surface area contributed by atoms with Gasteiger partial charge in [0, 0.05) is 22.7 Å². The van der Waals surface area contributed by atoms with E-state index in [2.05, 4.69) is 71.9 Å². The lowest BCUT2D eigenvalue weighted by Gasteiger charge is -2.23. The fourth-order valence-electron chi connectivity index (χ4n) is 3.54. The molecule has 2 unspecified atom stereocenters. The van der Waals surface area contributed by atoms with Gasteiger partial charge in [-0.3, -0.25) is 0 Å². The van der Waals surface area contributed by atoms with E-state index in [0.717, 1.165) is 11.1 Å². The van der Waals surface area contributed by atoms with Crippen LogP contribution in [0.15, 0.2) is 84.9 Å². The lowest BCUT2D eigenvalue weighted by atomic mass is 9.97. The first-order valence-corrected chi connectivity index (χ1v) is 9.29. The van der Waals surface area contributed by atoms with Crippen LogP contribution in [0.1, 0.15) is 29.5 Å². The van der Waals surface area contributed by atoms with Crippen LogP contribution < -0.4 is 4.90 Å². The highest BCUT2D eigenvalue weighted by atomic mass is 15.2. The van der Waals surface area contributed by atoms with Crippen molar-refractivity contribution in [2.75, 3.05) is 11.4 Å². The fraction of sp³-hybridized carbons (Fsp3) is 0.154. The molecular weight excluding hydrogens is 326 g/mol. The van der Waals surface area contributed by atoms with Crippen molar-refractivity contribution in [3.8, 4) is 23.7 Å². The van der Waals surface area contributed by atoms with Crippen molar-refractivity contribution >= 4 is 5.69 Å². The molecule has 3 aromatic rings. The van der Waals surface area contributed by atoms with Crippen LogP contribution in [0.25, 0.3) is 0 Å². The van der Waals surface area contributed by atoms with E-state index in [1.165, 1.54) is 11.3 Å². The number of anilines is 1. The third-order valence-electron chi connectivity index (χ3n) is 4.94. The molecule has 0 amide bonds. The van der Waals surface area contributed by atoms with E-state index in [1.54, 1.807) is 0 Å². The molecule has 0 saturated carbocycles. The summed E-state index contributed by atoms with van der Waals surface area (Å²) >= 11 is 0. The molecule has 4 rings (SSSR count). The normalized spacial score (nSPS) is 17.3. The number of para-hydroxylation sites is 1. The second-order valence-electron chi connectivity index (χ2n) is 6.72. The molecule has 0 saturated heterocycles. The molecule has 0 N–H and O–H groups in total. The number of hydrogen-bond acceptors (Lipinski definition) is 1. The maximum absolute atomic E-state index is 3.50. The molecule has 27 heavy (non-hydrogen) atoms. The Kier molecular flexibility index (Phi) is 4.95. The summed E-state index contributed by atoms with van der Waals surface area (Å²) in [5, 5.41) is 0. The van der Waals surface area contributed by atoms with Gasteiger partial charge in [-0.05, 0) is 35.9 Å². The first kappa shape index (κ1) is 17.0. The summed E-state index contributed by atoms with van der Waals surface area (Å²) in [5.41, 5.74) is 4.70. The van der Waals surface area contributed by atoms with Gasteiger partial charge < -0.3 is 4.90 Å². The van der Waals surface area contributed by atoms with Crippen LogP contribution in [0.2, 0.25) is 0 Å². The molecule has 130 valence electrons. The Hall–Kier alpha value is -3.42. The molecule has 0 fully saturated rings. The van der Waals surface area contributed by atoms with Gasteiger partial charge in [0.25, 0.3) is 0 Å². The monoisotopic (exact) mass is 347 g/mol. The van der Waals surface area contributed by atoms with E-state index in [0.29, 0.717) is 12.5 Å². The summed E-state index contributed by atoms with van der Waals surface area (Å²) in [7, 11) is 0. The molecule has 0 radical (unpaired) electrons. The van der Waals surface area contributed by atoms with Gasteiger partial charge in [-0.15, -0.1) is 0 Å². The molecule has 1 nitrogen and oxygen atoms in total. The van der Waals surface area contributed by atoms with Gasteiger partial charge in [0.2, 0.25) is 0 Å². The van der Waals surface area contributed by atoms with Crippen LogP contribution >= 0.6 is 0 Å². The van der Waals surface area contributed by atoms with Crippen molar-refractivity contribution in [3.63, 3.8) is 0 Å². The molecule has 1 heterocycles. The second-order valence-corrected chi connectivity index (χ2v) is 6.72. The molecule has 1 aliphatic heterocycles. The minimum absolute atomic E-state index is 0.132. The van der Waals surface area contributed by atoms with Crippen molar-refractivity contribution in [3.05, 3.63) is 102 Å². The standard InChI is InChI=1S/C26H21N/c1-21-24-16-8-9-17-26(24)27(20-10-15-22-11-4-2-5-12-22)25(21)19-18-23-13-6-3-7-14-23/h2-9,11-14,16-17,21,25H,20H2,1H3. The summed E-state index contributed by atoms with van der Waals surface area (Å²) < 4.78 is 0. The van der Waals surface area contributed by atoms with Gasteiger partial charge in [0.1, 0.15) is 0 Å². The van der Waals surface area contributed by atoms with Crippen LogP contribution in [-0.2, 0) is 0 Å². The van der Waals surface area contributed by atoms with Crippen molar-refractivity contribution < 1.29 is 0 Å². The number of fused-ring (bicyclic) bond motifs is 1. The van der Waals surface area contributed by atoms with E-state index < -0.39 is 0 Å². The molecular formula is C26H21N. The van der Waals surface area contributed by atoms with Crippen LogP contribution in [-0.4, -0.2) is 12.6 Å². The molecule has 1 aliphatic rings. The smallest absolute Gasteiger partial charge is 0.0983 e. The Morgan fingerprint density at radius 2 is 1.33 bits per heavy atom. The fourth-order valence-corrected chi connectivity index (χ4v) is 3.54. The zero-order valence-corrected chi connectivity index (χ0v) is 15.4. The minimum Gasteiger partial charge on any atom is -0.346 e. The van der Waals surface area contributed by atoms with Crippen molar-refractivity contribution in [1.82, 2.24) is 0 Å². The highest BCUT2D eigenvalue weighted by Crippen LogP contribution is 2.40. The van der Waals surface area contributed by atoms with Crippen molar-refractivity contribution in [1.29, 1.82) is 0 Å². The number of nitrogens with zero attached hydrogens (tertiary/aromatic N) is 1. The average molecular weight is 347 g/mol. The van der Waals surface area contributed by atoms with E-state index in [1.807, 2.05) is 48.5 Å². The third kappa shape index (κ3) is 3.74. The lowest BCUT2D eigenvalue weighted by Crippen LogP contribution is -2.32. The quantitative estimate of drug-likeness (QED) is 0.555. The van der Waals surface area contributed by atoms with Gasteiger partial charge in [-0.2, -0.15) is 0 Å². The summed E-state index contributed by atoms with van der Waals surface area (Å²) in [6, 6.07) is 29.0. The summed E-state index contributed by atoms with van der Waals surface area (Å²) in [6.45, 7) is 2.93. The summed E-state index contributed by atoms with van der Waals surface area (Å²) in [6.07, 6.45) is 0. The number of benzene rings is 3. The van der Waals surface area contributed by atoms with Crippen LogP contribution in [0.3, 0.4) is 0 Å². The van der Waals surface area contributed by atoms with Gasteiger partial charge in [-0.25, -0.2) is 0 Å². The van der Waals surface area contributed by atoms with E-state index >= 15 is 0 Å². The predicted octanol–water partition coefficient (Wildman–Crippen LogP) is 5.08. The van der Waals surface area contributed by atoms with Crippen LogP contribution in [0, 0.1) is 23.7 Å². The second kappa shape index (κ2) is 7.86. The SMILES string of the molecule is CC1c2ccccc2N(CC#Cc2ccccc2)C1C#Cc1ccccc1. The zero-order chi connectivity index (χ0) is 18.5. The van der Waals surface area contributed by atoms with Gasteiger partial charge in [-0.1, -0.05) is 85.2 Å². The molecule has 0 aromatic heterocycles. The molecule has 1 heteroatoms. The van der Waals surface area contributed by atoms with Gasteiger partial charge in [0.15, 0.2) is 0 Å². The molecule has 0 bridgehead atoms. The first-order valence-electron chi connectivity index (χ1n) is 9.29. The predicted molar refractivity (Wildman–Crippen MR) is 113 cm³/mol. The van der Waals surface area contributed by atoms with Crippen molar-refractivity contribution in [2.45, 2.75) is 18.9 Å². The lowest BCUT2D eigenvalue weighted by molar-refractivity contribution is 0.683. The van der Waals surface area contributed by atoms with Crippen LogP contribution in [0.5, 0.6) is 0 Å². The van der Waals surface area contributed by atoms with E-state index in [-0.39, 0.29) is 6.04 Å². The molecule has 3 aromatic carbocycles. The molecule has 2 atom stereocenters.